The molecule has 0 spiro atoms. The van der Waals surface area contributed by atoms with E-state index in [1.54, 1.807) is 60.5 Å². The van der Waals surface area contributed by atoms with Gasteiger partial charge in [-0.2, -0.15) is 0 Å². The average Bonchev–Trinajstić information content (AvgIpc) is 2.98. The predicted molar refractivity (Wildman–Crippen MR) is 112 cm³/mol. The first-order valence-electron chi connectivity index (χ1n) is 9.67. The van der Waals surface area contributed by atoms with Gasteiger partial charge in [0.15, 0.2) is 0 Å². The molecule has 0 bridgehead atoms. The number of carbonyl (C=O) groups excluding carboxylic acids is 2. The zero-order valence-electron chi connectivity index (χ0n) is 17.0. The number of carbonyl (C=O) groups is 2. The van der Waals surface area contributed by atoms with Crippen molar-refractivity contribution in [3.05, 3.63) is 65.9 Å². The number of hydrogen-bond donors (Lipinski definition) is 1. The lowest BCUT2D eigenvalue weighted by molar-refractivity contribution is -0.120. The third kappa shape index (κ3) is 4.32. The van der Waals surface area contributed by atoms with Gasteiger partial charge >= 0.3 is 0 Å². The van der Waals surface area contributed by atoms with Crippen molar-refractivity contribution in [2.24, 2.45) is 5.92 Å². The molecule has 0 aliphatic carbocycles. The Hall–Kier alpha value is -3.12. The minimum Gasteiger partial charge on any atom is -0.493 e. The van der Waals surface area contributed by atoms with Crippen LogP contribution in [0.4, 0.5) is 5.69 Å². The molecule has 0 saturated carbocycles. The molecule has 2 aromatic rings. The summed E-state index contributed by atoms with van der Waals surface area (Å²) in [6, 6.07) is 16.0. The van der Waals surface area contributed by atoms with E-state index >= 15 is 0 Å². The van der Waals surface area contributed by atoms with Crippen LogP contribution in [0.3, 0.4) is 0 Å². The monoisotopic (exact) mass is 394 g/mol. The Bertz CT molecular complexity index is 904. The number of anilines is 1. The molecule has 1 aliphatic rings. The Balaban J connectivity index is 1.99. The lowest BCUT2D eigenvalue weighted by Crippen LogP contribution is -2.34. The fourth-order valence-corrected chi connectivity index (χ4v) is 3.19. The van der Waals surface area contributed by atoms with E-state index in [9.17, 15) is 14.7 Å². The number of nitrogens with zero attached hydrogens (tertiary/aromatic N) is 2. The van der Waals surface area contributed by atoms with Crippen LogP contribution >= 0.6 is 0 Å². The zero-order chi connectivity index (χ0) is 21.0. The molecule has 6 nitrogen and oxygen atoms in total. The van der Waals surface area contributed by atoms with Crippen LogP contribution in [0.5, 0.6) is 5.75 Å². The number of ether oxygens (including phenoxy) is 1. The van der Waals surface area contributed by atoms with Gasteiger partial charge in [0.2, 0.25) is 0 Å². The van der Waals surface area contributed by atoms with Crippen molar-refractivity contribution in [2.75, 3.05) is 31.7 Å². The molecule has 1 N–H and O–H groups in total. The summed E-state index contributed by atoms with van der Waals surface area (Å²) in [7, 11) is 1.70. The van der Waals surface area contributed by atoms with Crippen LogP contribution in [-0.4, -0.2) is 48.6 Å². The van der Waals surface area contributed by atoms with Crippen molar-refractivity contribution in [3.8, 4) is 5.75 Å². The maximum Gasteiger partial charge on any atom is 0.282 e. The van der Waals surface area contributed by atoms with Gasteiger partial charge in [0.05, 0.1) is 24.5 Å². The molecule has 152 valence electrons. The molecule has 0 fully saturated rings. The smallest absolute Gasteiger partial charge is 0.282 e. The largest absolute Gasteiger partial charge is 0.493 e. The fraction of sp³-hybridized carbons (Fsp3) is 0.304. The molecular weight excluding hydrogens is 368 g/mol. The number of benzene rings is 2. The van der Waals surface area contributed by atoms with Gasteiger partial charge in [-0.05, 0) is 35.7 Å². The standard InChI is InChI=1S/C23H26N2O4/c1-16(2)15-29-19-11-9-17(10-12-19)20-21(24(3)13-14-26)23(28)25(22(20)27)18-7-5-4-6-8-18/h4-12,16,26H,13-15H2,1-3H3. The molecule has 6 heteroatoms. The molecule has 0 saturated heterocycles. The highest BCUT2D eigenvalue weighted by atomic mass is 16.5. The first kappa shape index (κ1) is 20.6. The first-order chi connectivity index (χ1) is 13.9. The number of rotatable bonds is 8. The molecule has 0 aromatic heterocycles. The summed E-state index contributed by atoms with van der Waals surface area (Å²) >= 11 is 0. The minimum atomic E-state index is -0.396. The van der Waals surface area contributed by atoms with Crippen molar-refractivity contribution >= 4 is 23.1 Å². The lowest BCUT2D eigenvalue weighted by Gasteiger charge is -2.20. The summed E-state index contributed by atoms with van der Waals surface area (Å²) in [5.74, 6) is 0.346. The Morgan fingerprint density at radius 1 is 1.00 bits per heavy atom. The summed E-state index contributed by atoms with van der Waals surface area (Å²) < 4.78 is 5.71. The maximum absolute atomic E-state index is 13.3. The highest BCUT2D eigenvalue weighted by molar-refractivity contribution is 6.45. The zero-order valence-corrected chi connectivity index (χ0v) is 17.0. The van der Waals surface area contributed by atoms with Crippen molar-refractivity contribution in [1.29, 1.82) is 0 Å². The van der Waals surface area contributed by atoms with Crippen molar-refractivity contribution < 1.29 is 19.4 Å². The summed E-state index contributed by atoms with van der Waals surface area (Å²) in [5.41, 5.74) is 1.76. The van der Waals surface area contributed by atoms with Crippen molar-refractivity contribution in [1.82, 2.24) is 4.90 Å². The van der Waals surface area contributed by atoms with E-state index in [1.165, 1.54) is 4.90 Å². The van der Waals surface area contributed by atoms with Crippen LogP contribution in [0.15, 0.2) is 60.3 Å². The molecule has 1 aliphatic heterocycles. The number of hydrogen-bond acceptors (Lipinski definition) is 5. The van der Waals surface area contributed by atoms with E-state index in [4.69, 9.17) is 4.74 Å². The number of amides is 2. The summed E-state index contributed by atoms with van der Waals surface area (Å²) in [6.07, 6.45) is 0. The van der Waals surface area contributed by atoms with Gasteiger partial charge in [-0.1, -0.05) is 44.2 Å². The van der Waals surface area contributed by atoms with Crippen molar-refractivity contribution in [2.45, 2.75) is 13.8 Å². The van der Waals surface area contributed by atoms with Gasteiger partial charge in [-0.15, -0.1) is 0 Å². The number of aliphatic hydroxyl groups is 1. The number of imide groups is 1. The van der Waals surface area contributed by atoms with Gasteiger partial charge in [0, 0.05) is 13.6 Å². The number of aliphatic hydroxyl groups excluding tert-OH is 1. The normalized spacial score (nSPS) is 14.2. The van der Waals surface area contributed by atoms with Crippen LogP contribution in [0, 0.1) is 5.92 Å². The number of likely N-dealkylation sites (N-methyl/N-ethyl adjacent to an activating group) is 1. The maximum atomic E-state index is 13.3. The Morgan fingerprint density at radius 2 is 1.66 bits per heavy atom. The quantitative estimate of drug-likeness (QED) is 0.697. The summed E-state index contributed by atoms with van der Waals surface area (Å²) in [4.78, 5) is 29.2. The average molecular weight is 394 g/mol. The van der Waals surface area contributed by atoms with Gasteiger partial charge in [0.25, 0.3) is 11.8 Å². The van der Waals surface area contributed by atoms with Crippen molar-refractivity contribution in [3.63, 3.8) is 0 Å². The highest BCUT2D eigenvalue weighted by Gasteiger charge is 2.41. The van der Waals surface area contributed by atoms with Crippen LogP contribution in [0.25, 0.3) is 5.57 Å². The second kappa shape index (κ2) is 8.92. The SMILES string of the molecule is CC(C)COc1ccc(C2=C(N(C)CCO)C(=O)N(c3ccccc3)C2=O)cc1. The predicted octanol–water partition coefficient (Wildman–Crippen LogP) is 2.93. The van der Waals surface area contributed by atoms with E-state index in [0.717, 1.165) is 0 Å². The van der Waals surface area contributed by atoms with Crippen LogP contribution in [-0.2, 0) is 9.59 Å². The molecular formula is C23H26N2O4. The highest BCUT2D eigenvalue weighted by Crippen LogP contribution is 2.34. The second-order valence-corrected chi connectivity index (χ2v) is 7.38. The van der Waals surface area contributed by atoms with Gasteiger partial charge in [-0.25, -0.2) is 4.90 Å². The molecule has 2 aromatic carbocycles. The summed E-state index contributed by atoms with van der Waals surface area (Å²) in [6.45, 7) is 4.87. The van der Waals surface area contributed by atoms with Crippen LogP contribution in [0.2, 0.25) is 0 Å². The van der Waals surface area contributed by atoms with Crippen LogP contribution in [0.1, 0.15) is 19.4 Å². The first-order valence-corrected chi connectivity index (χ1v) is 9.67. The van der Waals surface area contributed by atoms with Crippen LogP contribution < -0.4 is 9.64 Å². The molecule has 0 unspecified atom stereocenters. The third-order valence-electron chi connectivity index (χ3n) is 4.62. The molecule has 3 rings (SSSR count). The Labute approximate surface area is 171 Å². The van der Waals surface area contributed by atoms with E-state index in [2.05, 4.69) is 13.8 Å². The molecule has 29 heavy (non-hydrogen) atoms. The van der Waals surface area contributed by atoms with Gasteiger partial charge < -0.3 is 14.7 Å². The molecule has 2 amide bonds. The van der Waals surface area contributed by atoms with E-state index in [1.807, 2.05) is 6.07 Å². The molecule has 0 radical (unpaired) electrons. The molecule has 1 heterocycles. The minimum absolute atomic E-state index is 0.123. The summed E-state index contributed by atoms with van der Waals surface area (Å²) in [5, 5.41) is 9.34. The van der Waals surface area contributed by atoms with Gasteiger partial charge in [0.1, 0.15) is 11.4 Å². The van der Waals surface area contributed by atoms with E-state index < -0.39 is 5.91 Å². The fourth-order valence-electron chi connectivity index (χ4n) is 3.19. The second-order valence-electron chi connectivity index (χ2n) is 7.38. The molecule has 0 atom stereocenters. The topological polar surface area (TPSA) is 70.1 Å². The van der Waals surface area contributed by atoms with Gasteiger partial charge in [-0.3, -0.25) is 9.59 Å². The number of para-hydroxylation sites is 1. The van der Waals surface area contributed by atoms with E-state index in [0.29, 0.717) is 35.1 Å². The Kier molecular flexibility index (Phi) is 6.34. The van der Waals surface area contributed by atoms with E-state index in [-0.39, 0.29) is 24.8 Å². The third-order valence-corrected chi connectivity index (χ3v) is 4.62. The lowest BCUT2D eigenvalue weighted by atomic mass is 10.0. The Morgan fingerprint density at radius 3 is 2.24 bits per heavy atom.